The van der Waals surface area contributed by atoms with E-state index in [4.69, 9.17) is 11.6 Å². The number of hydrogen-bond donors (Lipinski definition) is 0. The molecule has 0 spiro atoms. The van der Waals surface area contributed by atoms with Gasteiger partial charge in [0.25, 0.3) is 0 Å². The highest BCUT2D eigenvalue weighted by Crippen LogP contribution is 2.03. The van der Waals surface area contributed by atoms with Gasteiger partial charge >= 0.3 is 0 Å². The summed E-state index contributed by atoms with van der Waals surface area (Å²) in [4.78, 5) is 0. The van der Waals surface area contributed by atoms with Crippen molar-refractivity contribution in [1.29, 1.82) is 0 Å². The zero-order chi connectivity index (χ0) is 6.57. The summed E-state index contributed by atoms with van der Waals surface area (Å²) >= 11 is 5.43. The van der Waals surface area contributed by atoms with E-state index < -0.39 is 0 Å². The molecule has 0 N–H and O–H groups in total. The van der Waals surface area contributed by atoms with Gasteiger partial charge in [0.15, 0.2) is 0 Å². The van der Waals surface area contributed by atoms with Crippen LogP contribution in [-0.2, 0) is 0 Å². The fraction of sp³-hybridized carbons (Fsp3) is 0.143. The molecular weight excluding hydrogens is 120 g/mol. The summed E-state index contributed by atoms with van der Waals surface area (Å²) in [5.41, 5.74) is 1.03. The summed E-state index contributed by atoms with van der Waals surface area (Å²) in [5, 5.41) is 0.544. The van der Waals surface area contributed by atoms with Gasteiger partial charge in [-0.2, -0.15) is 0 Å². The topological polar surface area (TPSA) is 0 Å². The maximum Gasteiger partial charge on any atom is 0.0336 e. The molecule has 0 aliphatic rings. The normalized spacial score (nSPS) is 11.0. The molecule has 8 heavy (non-hydrogen) atoms. The summed E-state index contributed by atoms with van der Waals surface area (Å²) in [5.74, 6) is 0. The second-order valence-corrected chi connectivity index (χ2v) is 2.02. The monoisotopic (exact) mass is 128 g/mol. The fourth-order valence-corrected chi connectivity index (χ4v) is 0.478. The molecule has 0 saturated carbocycles. The molecule has 0 aromatic heterocycles. The van der Waals surface area contributed by atoms with Crippen LogP contribution >= 0.6 is 11.6 Å². The van der Waals surface area contributed by atoms with Crippen LogP contribution in [0.5, 0.6) is 0 Å². The molecule has 0 unspecified atom stereocenters. The Morgan fingerprint density at radius 1 is 1.62 bits per heavy atom. The van der Waals surface area contributed by atoms with Crippen molar-refractivity contribution in [3.8, 4) is 0 Å². The van der Waals surface area contributed by atoms with Gasteiger partial charge in [-0.3, -0.25) is 0 Å². The van der Waals surface area contributed by atoms with Gasteiger partial charge in [-0.1, -0.05) is 36.4 Å². The second kappa shape index (κ2) is 3.50. The van der Waals surface area contributed by atoms with Gasteiger partial charge in [-0.25, -0.2) is 0 Å². The molecule has 0 fully saturated rings. The van der Waals surface area contributed by atoms with Gasteiger partial charge < -0.3 is 0 Å². The van der Waals surface area contributed by atoms with Gasteiger partial charge in [-0.05, 0) is 13.0 Å². The van der Waals surface area contributed by atoms with Gasteiger partial charge in [0.2, 0.25) is 0 Å². The van der Waals surface area contributed by atoms with E-state index in [9.17, 15) is 0 Å². The first kappa shape index (κ1) is 7.51. The van der Waals surface area contributed by atoms with Crippen LogP contribution in [0.4, 0.5) is 0 Å². The van der Waals surface area contributed by atoms with E-state index in [1.165, 1.54) is 0 Å². The first-order valence-corrected chi connectivity index (χ1v) is 2.69. The molecule has 0 radical (unpaired) electrons. The molecule has 0 rings (SSSR count). The Kier molecular flexibility index (Phi) is 3.29. The highest BCUT2D eigenvalue weighted by molar-refractivity contribution is 6.30. The second-order valence-electron chi connectivity index (χ2n) is 1.54. The number of allylic oxidation sites excluding steroid dienone is 4. The fourth-order valence-electron chi connectivity index (χ4n) is 0.306. The van der Waals surface area contributed by atoms with Crippen LogP contribution in [0, 0.1) is 0 Å². The molecular formula is C7H9Cl. The highest BCUT2D eigenvalue weighted by atomic mass is 35.5. The standard InChI is InChI=1S/C7H9Cl/c1-4-6(2)5-7(3)8/h4-5H,1,3H2,2H3/b6-5-. The molecule has 0 amide bonds. The maximum absolute atomic E-state index is 5.43. The molecule has 0 aromatic rings. The molecule has 0 heterocycles. The van der Waals surface area contributed by atoms with E-state index in [1.807, 2.05) is 6.92 Å². The molecule has 44 valence electrons. The first-order chi connectivity index (χ1) is 3.66. The number of halogens is 1. The first-order valence-electron chi connectivity index (χ1n) is 2.32. The van der Waals surface area contributed by atoms with E-state index >= 15 is 0 Å². The van der Waals surface area contributed by atoms with Crippen molar-refractivity contribution in [1.82, 2.24) is 0 Å². The van der Waals surface area contributed by atoms with Crippen molar-refractivity contribution >= 4 is 11.6 Å². The Balaban J connectivity index is 3.94. The van der Waals surface area contributed by atoms with Crippen LogP contribution in [0.2, 0.25) is 0 Å². The number of rotatable bonds is 2. The molecule has 0 saturated heterocycles. The predicted molar refractivity (Wildman–Crippen MR) is 38.9 cm³/mol. The summed E-state index contributed by atoms with van der Waals surface area (Å²) in [7, 11) is 0. The largest absolute Gasteiger partial charge is 0.0988 e. The quantitative estimate of drug-likeness (QED) is 0.502. The smallest absolute Gasteiger partial charge is 0.0336 e. The van der Waals surface area contributed by atoms with E-state index in [-0.39, 0.29) is 0 Å². The van der Waals surface area contributed by atoms with Crippen LogP contribution in [0.25, 0.3) is 0 Å². The molecule has 0 nitrogen and oxygen atoms in total. The van der Waals surface area contributed by atoms with Crippen molar-refractivity contribution in [2.45, 2.75) is 6.92 Å². The molecule has 1 heteroatoms. The summed E-state index contributed by atoms with van der Waals surface area (Å²) in [6, 6.07) is 0. The number of hydrogen-bond acceptors (Lipinski definition) is 0. The predicted octanol–water partition coefficient (Wildman–Crippen LogP) is 2.87. The summed E-state index contributed by atoms with van der Waals surface area (Å²) in [6.45, 7) is 8.95. The van der Waals surface area contributed by atoms with E-state index in [0.717, 1.165) is 5.57 Å². The van der Waals surface area contributed by atoms with E-state index in [0.29, 0.717) is 5.03 Å². The third-order valence-corrected chi connectivity index (χ3v) is 0.815. The Bertz CT molecular complexity index is 131. The van der Waals surface area contributed by atoms with Crippen molar-refractivity contribution < 1.29 is 0 Å². The summed E-state index contributed by atoms with van der Waals surface area (Å²) < 4.78 is 0. The Labute approximate surface area is 55.2 Å². The van der Waals surface area contributed by atoms with Crippen LogP contribution in [0.3, 0.4) is 0 Å². The molecule has 0 bridgehead atoms. The highest BCUT2D eigenvalue weighted by Gasteiger charge is 1.79. The van der Waals surface area contributed by atoms with E-state index in [1.54, 1.807) is 12.2 Å². The van der Waals surface area contributed by atoms with Crippen LogP contribution < -0.4 is 0 Å². The minimum atomic E-state index is 0.544. The maximum atomic E-state index is 5.43. The van der Waals surface area contributed by atoms with Crippen molar-refractivity contribution in [3.63, 3.8) is 0 Å². The third kappa shape index (κ3) is 3.69. The lowest BCUT2D eigenvalue weighted by atomic mass is 10.3. The van der Waals surface area contributed by atoms with Gasteiger partial charge in [0, 0.05) is 5.03 Å². The van der Waals surface area contributed by atoms with Gasteiger partial charge in [0.05, 0.1) is 0 Å². The van der Waals surface area contributed by atoms with Crippen molar-refractivity contribution in [3.05, 3.63) is 35.9 Å². The SMILES string of the molecule is C=C/C(C)=C\C(=C)Cl. The summed E-state index contributed by atoms with van der Waals surface area (Å²) in [6.07, 6.45) is 3.49. The lowest BCUT2D eigenvalue weighted by Gasteiger charge is -1.85. The van der Waals surface area contributed by atoms with Crippen LogP contribution in [-0.4, -0.2) is 0 Å². The lowest BCUT2D eigenvalue weighted by Crippen LogP contribution is -1.64. The van der Waals surface area contributed by atoms with Crippen molar-refractivity contribution in [2.24, 2.45) is 0 Å². The zero-order valence-electron chi connectivity index (χ0n) is 4.95. The Morgan fingerprint density at radius 2 is 2.12 bits per heavy atom. The van der Waals surface area contributed by atoms with E-state index in [2.05, 4.69) is 13.2 Å². The van der Waals surface area contributed by atoms with Gasteiger partial charge in [-0.15, -0.1) is 0 Å². The van der Waals surface area contributed by atoms with Crippen molar-refractivity contribution in [2.75, 3.05) is 0 Å². The minimum Gasteiger partial charge on any atom is -0.0988 e. The molecule has 0 aliphatic carbocycles. The molecule has 0 atom stereocenters. The van der Waals surface area contributed by atoms with Crippen LogP contribution in [0.15, 0.2) is 35.9 Å². The zero-order valence-corrected chi connectivity index (χ0v) is 5.70. The molecule has 0 aliphatic heterocycles. The minimum absolute atomic E-state index is 0.544. The Morgan fingerprint density at radius 3 is 2.25 bits per heavy atom. The lowest BCUT2D eigenvalue weighted by molar-refractivity contribution is 1.53. The van der Waals surface area contributed by atoms with Crippen LogP contribution in [0.1, 0.15) is 6.92 Å². The Hall–Kier alpha value is -0.490. The third-order valence-electron chi connectivity index (χ3n) is 0.706. The average Bonchev–Trinajstić information content (AvgIpc) is 1.65. The van der Waals surface area contributed by atoms with Gasteiger partial charge in [0.1, 0.15) is 0 Å². The molecule has 0 aromatic carbocycles. The average molecular weight is 129 g/mol.